The fourth-order valence-corrected chi connectivity index (χ4v) is 4.93. The van der Waals surface area contributed by atoms with E-state index in [0.29, 0.717) is 11.4 Å². The molecule has 214 valence electrons. The number of carboxylic acid groups (broad SMARTS) is 1. The van der Waals surface area contributed by atoms with Gasteiger partial charge in [-0.3, -0.25) is 9.36 Å². The van der Waals surface area contributed by atoms with Crippen LogP contribution < -0.4 is 9.61 Å². The van der Waals surface area contributed by atoms with E-state index in [0.717, 1.165) is 12.2 Å². The molecule has 1 unspecified atom stereocenters. The van der Waals surface area contributed by atoms with Gasteiger partial charge in [0, 0.05) is 18.7 Å². The monoisotopic (exact) mass is 576 g/mol. The highest BCUT2D eigenvalue weighted by Gasteiger charge is 2.31. The summed E-state index contributed by atoms with van der Waals surface area (Å²) in [6.07, 6.45) is 3.63. The number of fused-ring (bicyclic) bond motifs is 1. The number of carboxylic acids is 1. The number of nitrogens with zero attached hydrogens (tertiary/aromatic N) is 5. The lowest BCUT2D eigenvalue weighted by Gasteiger charge is -2.24. The zero-order chi connectivity index (χ0) is 29.1. The van der Waals surface area contributed by atoms with Crippen molar-refractivity contribution in [1.82, 2.24) is 24.6 Å². The Morgan fingerprint density at radius 3 is 2.58 bits per heavy atom. The van der Waals surface area contributed by atoms with E-state index in [2.05, 4.69) is 29.9 Å². The number of imidazole rings is 1. The number of para-hydroxylation sites is 1. The number of hydrogen-bond acceptors (Lipinski definition) is 12. The van der Waals surface area contributed by atoms with Crippen molar-refractivity contribution in [2.45, 2.75) is 39.5 Å². The Labute approximate surface area is 228 Å². The molecule has 40 heavy (non-hydrogen) atoms. The minimum Gasteiger partial charge on any atom is -0.478 e. The average molecular weight is 577 g/mol. The van der Waals surface area contributed by atoms with Gasteiger partial charge in [0.2, 0.25) is 0 Å². The van der Waals surface area contributed by atoms with E-state index in [4.69, 9.17) is 24.4 Å². The molecule has 0 saturated carbocycles. The molecule has 0 aliphatic rings. The van der Waals surface area contributed by atoms with Crippen molar-refractivity contribution < 1.29 is 43.4 Å². The number of rotatable bonds is 14. The lowest BCUT2D eigenvalue weighted by atomic mass is 10.3. The third-order valence-electron chi connectivity index (χ3n) is 4.89. The number of esters is 1. The van der Waals surface area contributed by atoms with Crippen molar-refractivity contribution in [3.8, 4) is 5.75 Å². The molecule has 0 aliphatic heterocycles. The molecule has 0 aliphatic carbocycles. The Morgan fingerprint density at radius 2 is 1.90 bits per heavy atom. The van der Waals surface area contributed by atoms with Crippen molar-refractivity contribution in [2.24, 2.45) is 4.99 Å². The molecule has 3 rings (SSSR count). The van der Waals surface area contributed by atoms with E-state index in [1.165, 1.54) is 19.6 Å². The van der Waals surface area contributed by atoms with Crippen molar-refractivity contribution in [3.05, 3.63) is 55.1 Å². The van der Waals surface area contributed by atoms with Crippen LogP contribution in [0.4, 0.5) is 5.82 Å². The smallest absolute Gasteiger partial charge is 0.342 e. The molecule has 2 aromatic heterocycles. The number of carbonyl (C=O) groups is 2. The second kappa shape index (κ2) is 14.3. The van der Waals surface area contributed by atoms with Gasteiger partial charge in [-0.05, 0) is 32.9 Å². The molecule has 1 aromatic carbocycles. The number of nitrogens with one attached hydrogen (secondary N) is 1. The molecule has 0 spiro atoms. The maximum absolute atomic E-state index is 13.6. The molecule has 3 aromatic rings. The van der Waals surface area contributed by atoms with E-state index in [-0.39, 0.29) is 36.9 Å². The van der Waals surface area contributed by atoms with Gasteiger partial charge >= 0.3 is 19.5 Å². The summed E-state index contributed by atoms with van der Waals surface area (Å²) in [5.74, 6) is -1.91. The predicted octanol–water partition coefficient (Wildman–Crippen LogP) is 3.16. The number of hydrogen-bond donors (Lipinski definition) is 3. The molecular weight excluding hydrogens is 547 g/mol. The first-order valence-electron chi connectivity index (χ1n) is 12.0. The van der Waals surface area contributed by atoms with E-state index in [1.807, 2.05) is 0 Å². The summed E-state index contributed by atoms with van der Waals surface area (Å²) in [5, 5.41) is 20.4. The van der Waals surface area contributed by atoms with Crippen LogP contribution >= 0.6 is 7.52 Å². The second-order valence-corrected chi connectivity index (χ2v) is 10.5. The third-order valence-corrected chi connectivity index (χ3v) is 6.70. The second-order valence-electron chi connectivity index (χ2n) is 8.47. The number of aromatic nitrogens is 4. The molecular formula is C24H29N6O9P. The highest BCUT2D eigenvalue weighted by Crippen LogP contribution is 2.43. The highest BCUT2D eigenvalue weighted by molar-refractivity contribution is 7.57. The number of ether oxygens (including phenoxy) is 2. The largest absolute Gasteiger partial charge is 0.478 e. The fraction of sp³-hybridized carbons (Fsp3) is 0.333. The van der Waals surface area contributed by atoms with Crippen LogP contribution in [0.1, 0.15) is 20.8 Å². The van der Waals surface area contributed by atoms with Crippen LogP contribution in [0, 0.1) is 0 Å². The Balaban J connectivity index is 1.70. The Morgan fingerprint density at radius 1 is 1.15 bits per heavy atom. The highest BCUT2D eigenvalue weighted by atomic mass is 31.2. The van der Waals surface area contributed by atoms with Gasteiger partial charge in [0.15, 0.2) is 17.0 Å². The van der Waals surface area contributed by atoms with Gasteiger partial charge in [-0.2, -0.15) is 4.99 Å². The Hall–Kier alpha value is -4.17. The summed E-state index contributed by atoms with van der Waals surface area (Å²) in [4.78, 5) is 43.4. The van der Waals surface area contributed by atoms with Crippen LogP contribution in [0.15, 0.2) is 60.1 Å². The van der Waals surface area contributed by atoms with Crippen LogP contribution in [-0.2, 0) is 35.1 Å². The van der Waals surface area contributed by atoms with Crippen LogP contribution in [0.5, 0.6) is 5.75 Å². The number of benzene rings is 1. The first kappa shape index (κ1) is 30.4. The third kappa shape index (κ3) is 8.95. The van der Waals surface area contributed by atoms with E-state index < -0.39 is 31.4 Å². The maximum atomic E-state index is 13.6. The molecule has 0 radical (unpaired) electrons. The lowest BCUT2D eigenvalue weighted by molar-refractivity contribution is -0.153. The first-order valence-corrected chi connectivity index (χ1v) is 13.8. The summed E-state index contributed by atoms with van der Waals surface area (Å²) in [7, 11) is -3.72. The summed E-state index contributed by atoms with van der Waals surface area (Å²) >= 11 is 0. The van der Waals surface area contributed by atoms with E-state index in [1.54, 1.807) is 48.7 Å². The summed E-state index contributed by atoms with van der Waals surface area (Å²) in [6.45, 7) is 5.24. The predicted molar refractivity (Wildman–Crippen MR) is 142 cm³/mol. The molecule has 2 atom stereocenters. The van der Waals surface area contributed by atoms with E-state index >= 15 is 0 Å². The zero-order valence-corrected chi connectivity index (χ0v) is 22.8. The van der Waals surface area contributed by atoms with Gasteiger partial charge in [0.1, 0.15) is 24.5 Å². The van der Waals surface area contributed by atoms with Gasteiger partial charge in [-0.25, -0.2) is 30.1 Å². The molecule has 0 fully saturated rings. The van der Waals surface area contributed by atoms with Crippen molar-refractivity contribution in [2.75, 3.05) is 13.0 Å². The number of carbonyl (C=O) groups excluding carboxylic acids is 1. The summed E-state index contributed by atoms with van der Waals surface area (Å²) < 4.78 is 31.8. The van der Waals surface area contributed by atoms with Gasteiger partial charge in [-0.15, -0.1) is 0 Å². The summed E-state index contributed by atoms with van der Waals surface area (Å²) in [6, 6.07) is 7.57. The molecule has 0 saturated heterocycles. The maximum Gasteiger partial charge on any atom is 0.342 e. The van der Waals surface area contributed by atoms with Gasteiger partial charge in [-0.1, -0.05) is 18.2 Å². The van der Waals surface area contributed by atoms with Gasteiger partial charge < -0.3 is 28.6 Å². The number of aliphatic carboxylic acids is 1. The molecule has 15 nitrogen and oxygen atoms in total. The average Bonchev–Trinajstić information content (AvgIpc) is 3.33. The van der Waals surface area contributed by atoms with Crippen molar-refractivity contribution in [1.29, 1.82) is 0 Å². The molecule has 16 heteroatoms. The van der Waals surface area contributed by atoms with Gasteiger partial charge in [0.05, 0.1) is 19.0 Å². The molecule has 0 amide bonds. The van der Waals surface area contributed by atoms with Crippen LogP contribution in [0.2, 0.25) is 0 Å². The molecule has 0 bridgehead atoms. The van der Waals surface area contributed by atoms with Crippen molar-refractivity contribution >= 4 is 42.3 Å². The quantitative estimate of drug-likeness (QED) is 0.0370. The van der Waals surface area contributed by atoms with Crippen LogP contribution in [0.3, 0.4) is 0 Å². The van der Waals surface area contributed by atoms with Crippen molar-refractivity contribution in [3.63, 3.8) is 0 Å². The number of aliphatic imine (C=N–C) groups is 1. The van der Waals surface area contributed by atoms with E-state index in [9.17, 15) is 14.2 Å². The summed E-state index contributed by atoms with van der Waals surface area (Å²) in [5.41, 5.74) is 0.613. The Bertz CT molecular complexity index is 1410. The normalized spacial score (nSPS) is 14.3. The van der Waals surface area contributed by atoms with Gasteiger partial charge in [0.25, 0.3) is 5.90 Å². The molecule has 3 N–H and O–H groups in total. The van der Waals surface area contributed by atoms with Crippen LogP contribution in [0.25, 0.3) is 11.2 Å². The SMILES string of the molecule is CC(C)OC(=O)[C@H](C)NP(=O)(COCCn1cnc2c(/N=C(/C=C/C(=O)O)OO)ncnc21)Oc1ccccc1. The minimum atomic E-state index is -3.72. The standard InChI is InChI=1S/C24H29N6O9P/c1-16(2)37-24(33)17(3)29-40(35,39-18-7-5-4-6-8-18)15-36-12-11-30-14-27-21-22(25-13-26-23(21)30)28-19(38-34)9-10-20(31)32/h4-10,13-14,16-17,34H,11-12,15H2,1-3H3,(H,29,35)(H,31,32)/b10-9+,28-19-/t17-,40?/m0/s1. The zero-order valence-electron chi connectivity index (χ0n) is 21.9. The topological polar surface area (TPSA) is 197 Å². The minimum absolute atomic E-state index is 0.0241. The van der Waals surface area contributed by atoms with Crippen LogP contribution in [-0.4, -0.2) is 72.8 Å². The fourth-order valence-electron chi connectivity index (χ4n) is 3.22. The lowest BCUT2D eigenvalue weighted by Crippen LogP contribution is -2.36. The first-order chi connectivity index (χ1) is 19.1. The molecule has 2 heterocycles. The Kier molecular flexibility index (Phi) is 10.8.